The van der Waals surface area contributed by atoms with E-state index < -0.39 is 29.2 Å². The summed E-state index contributed by atoms with van der Waals surface area (Å²) in [6, 6.07) is 1.41. The number of hydrogen-bond donors (Lipinski definition) is 1. The zero-order valence-electron chi connectivity index (χ0n) is 9.77. The number of rotatable bonds is 6. The van der Waals surface area contributed by atoms with E-state index in [1.54, 1.807) is 6.92 Å². The van der Waals surface area contributed by atoms with Gasteiger partial charge in [0.25, 0.3) is 0 Å². The Labute approximate surface area is 103 Å². The highest BCUT2D eigenvalue weighted by molar-refractivity contribution is 5.78. The standard InChI is InChI=1S/C12H13F2NO3/c1-2-6-15(7-16)11(12(17)18)10-8(13)4-3-5-9(10)14/h3-5,7,11H,2,6H2,1H3,(H,17,18). The van der Waals surface area contributed by atoms with Crippen molar-refractivity contribution in [2.75, 3.05) is 6.54 Å². The van der Waals surface area contributed by atoms with Gasteiger partial charge in [-0.15, -0.1) is 0 Å². The van der Waals surface area contributed by atoms with Gasteiger partial charge in [0.15, 0.2) is 6.04 Å². The van der Waals surface area contributed by atoms with Crippen LogP contribution in [-0.4, -0.2) is 28.9 Å². The Kier molecular flexibility index (Phi) is 4.76. The molecule has 0 aliphatic carbocycles. The molecule has 0 fully saturated rings. The first-order valence-electron chi connectivity index (χ1n) is 5.40. The number of carboxylic acids is 1. The van der Waals surface area contributed by atoms with Crippen LogP contribution < -0.4 is 0 Å². The molecule has 0 aromatic heterocycles. The van der Waals surface area contributed by atoms with E-state index in [1.165, 1.54) is 0 Å². The number of hydrogen-bond acceptors (Lipinski definition) is 2. The molecular weight excluding hydrogens is 244 g/mol. The van der Waals surface area contributed by atoms with Crippen molar-refractivity contribution in [3.8, 4) is 0 Å². The van der Waals surface area contributed by atoms with Crippen molar-refractivity contribution in [2.45, 2.75) is 19.4 Å². The summed E-state index contributed by atoms with van der Waals surface area (Å²) in [5, 5.41) is 9.07. The minimum atomic E-state index is -1.65. The maximum Gasteiger partial charge on any atom is 0.331 e. The number of carbonyl (C=O) groups is 2. The molecule has 0 saturated carbocycles. The average Bonchev–Trinajstić information content (AvgIpc) is 2.31. The maximum absolute atomic E-state index is 13.6. The van der Waals surface area contributed by atoms with Crippen LogP contribution in [0.4, 0.5) is 8.78 Å². The summed E-state index contributed by atoms with van der Waals surface area (Å²) in [6.07, 6.45) is 0.771. The fraction of sp³-hybridized carbons (Fsp3) is 0.333. The Morgan fingerprint density at radius 2 is 2.00 bits per heavy atom. The highest BCUT2D eigenvalue weighted by Gasteiger charge is 2.31. The maximum atomic E-state index is 13.6. The lowest BCUT2D eigenvalue weighted by molar-refractivity contribution is -0.147. The third-order valence-corrected chi connectivity index (χ3v) is 2.46. The fourth-order valence-corrected chi connectivity index (χ4v) is 1.70. The van der Waals surface area contributed by atoms with Gasteiger partial charge in [0.2, 0.25) is 6.41 Å². The van der Waals surface area contributed by atoms with Crippen LogP contribution in [0, 0.1) is 11.6 Å². The predicted molar refractivity (Wildman–Crippen MR) is 59.8 cm³/mol. The number of amides is 1. The number of carbonyl (C=O) groups excluding carboxylic acids is 1. The molecule has 18 heavy (non-hydrogen) atoms. The summed E-state index contributed by atoms with van der Waals surface area (Å²) in [5.41, 5.74) is -0.620. The van der Waals surface area contributed by atoms with Gasteiger partial charge in [-0.2, -0.15) is 0 Å². The van der Waals surface area contributed by atoms with Crippen molar-refractivity contribution in [2.24, 2.45) is 0 Å². The van der Waals surface area contributed by atoms with E-state index in [1.807, 2.05) is 0 Å². The summed E-state index contributed by atoms with van der Waals surface area (Å²) in [4.78, 5) is 22.9. The van der Waals surface area contributed by atoms with Crippen molar-refractivity contribution in [1.29, 1.82) is 0 Å². The number of halogens is 2. The summed E-state index contributed by atoms with van der Waals surface area (Å²) in [5.74, 6) is -3.43. The van der Waals surface area contributed by atoms with Crippen molar-refractivity contribution in [3.63, 3.8) is 0 Å². The Hall–Kier alpha value is -1.98. The largest absolute Gasteiger partial charge is 0.479 e. The van der Waals surface area contributed by atoms with Gasteiger partial charge in [0.05, 0.1) is 5.56 Å². The van der Waals surface area contributed by atoms with E-state index in [-0.39, 0.29) is 13.0 Å². The molecule has 4 nitrogen and oxygen atoms in total. The second kappa shape index (κ2) is 6.09. The average molecular weight is 257 g/mol. The summed E-state index contributed by atoms with van der Waals surface area (Å²) >= 11 is 0. The molecular formula is C12H13F2NO3. The zero-order valence-corrected chi connectivity index (χ0v) is 9.77. The molecule has 0 heterocycles. The van der Waals surface area contributed by atoms with E-state index in [9.17, 15) is 18.4 Å². The molecule has 1 unspecified atom stereocenters. The minimum Gasteiger partial charge on any atom is -0.479 e. The molecule has 1 atom stereocenters. The predicted octanol–water partition coefficient (Wildman–Crippen LogP) is 1.96. The van der Waals surface area contributed by atoms with Crippen LogP contribution in [0.3, 0.4) is 0 Å². The first-order valence-corrected chi connectivity index (χ1v) is 5.40. The fourth-order valence-electron chi connectivity index (χ4n) is 1.70. The van der Waals surface area contributed by atoms with Crippen molar-refractivity contribution < 1.29 is 23.5 Å². The summed E-state index contributed by atoms with van der Waals surface area (Å²) < 4.78 is 27.1. The quantitative estimate of drug-likeness (QED) is 0.792. The molecule has 1 amide bonds. The first-order chi connectivity index (χ1) is 8.52. The molecule has 0 spiro atoms. The van der Waals surface area contributed by atoms with Crippen LogP contribution in [0.1, 0.15) is 24.9 Å². The monoisotopic (exact) mass is 257 g/mol. The molecule has 6 heteroatoms. The smallest absolute Gasteiger partial charge is 0.331 e. The van der Waals surface area contributed by atoms with Crippen LogP contribution in [0.25, 0.3) is 0 Å². The van der Waals surface area contributed by atoms with Gasteiger partial charge in [-0.1, -0.05) is 13.0 Å². The third-order valence-electron chi connectivity index (χ3n) is 2.46. The molecule has 0 radical (unpaired) electrons. The second-order valence-electron chi connectivity index (χ2n) is 3.72. The molecule has 1 rings (SSSR count). The molecule has 0 aliphatic rings. The highest BCUT2D eigenvalue weighted by atomic mass is 19.1. The van der Waals surface area contributed by atoms with Gasteiger partial charge >= 0.3 is 5.97 Å². The van der Waals surface area contributed by atoms with Gasteiger partial charge in [-0.25, -0.2) is 13.6 Å². The summed E-state index contributed by atoms with van der Waals surface area (Å²) in [7, 11) is 0. The van der Waals surface area contributed by atoms with Crippen LogP contribution in [-0.2, 0) is 9.59 Å². The zero-order chi connectivity index (χ0) is 13.7. The van der Waals surface area contributed by atoms with Crippen molar-refractivity contribution in [1.82, 2.24) is 4.90 Å². The number of carboxylic acid groups (broad SMARTS) is 1. The molecule has 98 valence electrons. The SMILES string of the molecule is CCCN(C=O)C(C(=O)O)c1c(F)cccc1F. The molecule has 0 bridgehead atoms. The topological polar surface area (TPSA) is 57.6 Å². The van der Waals surface area contributed by atoms with Gasteiger partial charge in [0.1, 0.15) is 11.6 Å². The lowest BCUT2D eigenvalue weighted by Gasteiger charge is -2.25. The molecule has 1 aromatic carbocycles. The van der Waals surface area contributed by atoms with E-state index in [4.69, 9.17) is 5.11 Å². The first kappa shape index (κ1) is 14.1. The lowest BCUT2D eigenvalue weighted by atomic mass is 10.0. The van der Waals surface area contributed by atoms with Gasteiger partial charge in [-0.05, 0) is 18.6 Å². The van der Waals surface area contributed by atoms with E-state index in [2.05, 4.69) is 0 Å². The number of benzene rings is 1. The Morgan fingerprint density at radius 1 is 1.44 bits per heavy atom. The van der Waals surface area contributed by atoms with Gasteiger partial charge in [0, 0.05) is 6.54 Å². The van der Waals surface area contributed by atoms with E-state index in [0.29, 0.717) is 6.42 Å². The van der Waals surface area contributed by atoms with Crippen molar-refractivity contribution >= 4 is 12.4 Å². The Bertz CT molecular complexity index is 431. The molecule has 0 saturated heterocycles. The normalized spacial score (nSPS) is 11.9. The molecule has 0 aliphatic heterocycles. The highest BCUT2D eigenvalue weighted by Crippen LogP contribution is 2.25. The van der Waals surface area contributed by atoms with Crippen LogP contribution >= 0.6 is 0 Å². The summed E-state index contributed by atoms with van der Waals surface area (Å²) in [6.45, 7) is 1.83. The molecule has 1 N–H and O–H groups in total. The van der Waals surface area contributed by atoms with E-state index in [0.717, 1.165) is 23.1 Å². The van der Waals surface area contributed by atoms with Crippen LogP contribution in [0.15, 0.2) is 18.2 Å². The van der Waals surface area contributed by atoms with Gasteiger partial charge in [-0.3, -0.25) is 4.79 Å². The minimum absolute atomic E-state index is 0.105. The molecule has 1 aromatic rings. The number of aliphatic carboxylic acids is 1. The Morgan fingerprint density at radius 3 is 2.39 bits per heavy atom. The van der Waals surface area contributed by atoms with Gasteiger partial charge < -0.3 is 10.0 Å². The van der Waals surface area contributed by atoms with Crippen LogP contribution in [0.2, 0.25) is 0 Å². The Balaban J connectivity index is 3.27. The third kappa shape index (κ3) is 2.82. The lowest BCUT2D eigenvalue weighted by Crippen LogP contribution is -2.35. The van der Waals surface area contributed by atoms with Crippen molar-refractivity contribution in [3.05, 3.63) is 35.4 Å². The second-order valence-corrected chi connectivity index (χ2v) is 3.72. The van der Waals surface area contributed by atoms with E-state index >= 15 is 0 Å². The number of nitrogens with zero attached hydrogens (tertiary/aromatic N) is 1. The van der Waals surface area contributed by atoms with Crippen LogP contribution in [0.5, 0.6) is 0 Å².